The van der Waals surface area contributed by atoms with E-state index in [1.807, 2.05) is 12.1 Å². The standard InChI is InChI=1S/C29H41N5O4/c1-5-6-9-14-38-27-24-12-8-7-11-23(24)26-31-33(28(30)34(26)32-27)19-25(36)20-16-21(29(2,3)4)18-22(17-20)37-15-10-13-35/h16-18,30,35H,5-15,19H2,1-4H3/p+1. The number of ether oxygens (including phenoxy) is 2. The first-order chi connectivity index (χ1) is 18.2. The van der Waals surface area contributed by atoms with Crippen LogP contribution in [0.4, 0.5) is 5.95 Å². The van der Waals surface area contributed by atoms with Crippen molar-refractivity contribution in [1.29, 1.82) is 0 Å². The molecule has 2 heterocycles. The number of hydrogen-bond donors (Lipinski definition) is 2. The lowest BCUT2D eigenvalue weighted by Crippen LogP contribution is -2.42. The van der Waals surface area contributed by atoms with Gasteiger partial charge in [-0.25, -0.2) is 0 Å². The van der Waals surface area contributed by atoms with E-state index in [0.717, 1.165) is 61.6 Å². The minimum atomic E-state index is -0.169. The van der Waals surface area contributed by atoms with Gasteiger partial charge in [0.05, 0.1) is 13.2 Å². The van der Waals surface area contributed by atoms with Crippen molar-refractivity contribution < 1.29 is 24.1 Å². The molecule has 1 aliphatic rings. The zero-order valence-electron chi connectivity index (χ0n) is 23.3. The van der Waals surface area contributed by atoms with Gasteiger partial charge in [0.15, 0.2) is 12.3 Å². The lowest BCUT2D eigenvalue weighted by Gasteiger charge is -2.21. The molecule has 4 rings (SSSR count). The lowest BCUT2D eigenvalue weighted by molar-refractivity contribution is -0.723. The third-order valence-corrected chi connectivity index (χ3v) is 7.03. The maximum absolute atomic E-state index is 13.5. The van der Waals surface area contributed by atoms with E-state index in [0.29, 0.717) is 48.4 Å². The second-order valence-electron chi connectivity index (χ2n) is 11.1. The van der Waals surface area contributed by atoms with Gasteiger partial charge in [0.25, 0.3) is 11.5 Å². The van der Waals surface area contributed by atoms with Gasteiger partial charge < -0.3 is 14.6 Å². The van der Waals surface area contributed by atoms with Crippen molar-refractivity contribution in [2.45, 2.75) is 91.0 Å². The Kier molecular flexibility index (Phi) is 8.87. The summed E-state index contributed by atoms with van der Waals surface area (Å²) in [6.07, 6.45) is 7.72. The SMILES string of the molecule is CCCCCOc1nn2c(N)[n+](CC(=O)c3cc(OCCCO)cc(C(C)(C)C)c3)nc2c2c1CCCC2. The van der Waals surface area contributed by atoms with E-state index in [9.17, 15) is 4.79 Å². The van der Waals surface area contributed by atoms with Crippen molar-refractivity contribution in [3.05, 3.63) is 40.5 Å². The number of nitrogen functional groups attached to an aromatic ring is 1. The van der Waals surface area contributed by atoms with Crippen LogP contribution in [-0.4, -0.2) is 45.4 Å². The molecule has 38 heavy (non-hydrogen) atoms. The molecule has 1 aliphatic carbocycles. The summed E-state index contributed by atoms with van der Waals surface area (Å²) in [5, 5.41) is 18.6. The fourth-order valence-corrected chi connectivity index (χ4v) is 4.76. The van der Waals surface area contributed by atoms with Crippen LogP contribution in [0.15, 0.2) is 18.2 Å². The number of aliphatic hydroxyl groups excluding tert-OH is 1. The average molecular weight is 525 g/mol. The number of benzene rings is 1. The topological polar surface area (TPSA) is 116 Å². The fraction of sp³-hybridized carbons (Fsp3) is 0.586. The van der Waals surface area contributed by atoms with Crippen LogP contribution in [-0.2, 0) is 24.8 Å². The van der Waals surface area contributed by atoms with Gasteiger partial charge in [0.2, 0.25) is 0 Å². The minimum absolute atomic E-state index is 0.0136. The summed E-state index contributed by atoms with van der Waals surface area (Å²) < 4.78 is 15.1. The number of Topliss-reactive ketones (excluding diaryl/α,β-unsaturated/α-hetero) is 1. The normalized spacial score (nSPS) is 13.5. The monoisotopic (exact) mass is 524 g/mol. The highest BCUT2D eigenvalue weighted by Crippen LogP contribution is 2.31. The van der Waals surface area contributed by atoms with E-state index in [-0.39, 0.29) is 24.3 Å². The molecule has 206 valence electrons. The molecular weight excluding hydrogens is 482 g/mol. The molecule has 0 unspecified atom stereocenters. The number of unbranched alkanes of at least 4 members (excludes halogenated alkanes) is 2. The van der Waals surface area contributed by atoms with Crippen LogP contribution in [0.3, 0.4) is 0 Å². The van der Waals surface area contributed by atoms with E-state index in [1.54, 1.807) is 10.6 Å². The summed E-state index contributed by atoms with van der Waals surface area (Å²) >= 11 is 0. The first-order valence-electron chi connectivity index (χ1n) is 13.9. The summed E-state index contributed by atoms with van der Waals surface area (Å²) in [5.74, 6) is 1.43. The maximum Gasteiger partial charge on any atom is 0.401 e. The molecule has 0 aliphatic heterocycles. The number of fused-ring (bicyclic) bond motifs is 3. The number of aliphatic hydroxyl groups is 1. The van der Waals surface area contributed by atoms with Gasteiger partial charge in [-0.1, -0.05) is 55.2 Å². The van der Waals surface area contributed by atoms with Crippen molar-refractivity contribution in [1.82, 2.24) is 14.7 Å². The van der Waals surface area contributed by atoms with Crippen molar-refractivity contribution in [2.75, 3.05) is 25.6 Å². The van der Waals surface area contributed by atoms with Crippen LogP contribution >= 0.6 is 0 Å². The number of aromatic nitrogens is 4. The van der Waals surface area contributed by atoms with Crippen LogP contribution in [0.5, 0.6) is 11.6 Å². The molecule has 9 heteroatoms. The Bertz CT molecular complexity index is 1280. The molecule has 3 aromatic rings. The molecule has 0 bridgehead atoms. The maximum atomic E-state index is 13.5. The Morgan fingerprint density at radius 2 is 1.82 bits per heavy atom. The zero-order chi connectivity index (χ0) is 27.3. The van der Waals surface area contributed by atoms with Crippen LogP contribution in [0, 0.1) is 0 Å². The highest BCUT2D eigenvalue weighted by atomic mass is 16.5. The number of nitrogens with zero attached hydrogens (tertiary/aromatic N) is 4. The van der Waals surface area contributed by atoms with E-state index in [4.69, 9.17) is 30.5 Å². The first kappa shape index (κ1) is 27.8. The van der Waals surface area contributed by atoms with Gasteiger partial charge >= 0.3 is 5.95 Å². The molecule has 1 aromatic carbocycles. The van der Waals surface area contributed by atoms with Gasteiger partial charge in [0, 0.05) is 29.7 Å². The number of rotatable bonds is 12. The zero-order valence-corrected chi connectivity index (χ0v) is 23.3. The van der Waals surface area contributed by atoms with Crippen molar-refractivity contribution in [3.8, 4) is 11.6 Å². The molecule has 9 nitrogen and oxygen atoms in total. The van der Waals surface area contributed by atoms with Crippen LogP contribution in [0.1, 0.15) is 93.3 Å². The lowest BCUT2D eigenvalue weighted by atomic mass is 9.85. The Hall–Kier alpha value is -3.20. The highest BCUT2D eigenvalue weighted by molar-refractivity contribution is 5.95. The number of nitrogens with two attached hydrogens (primary N) is 1. The number of anilines is 1. The van der Waals surface area contributed by atoms with Gasteiger partial charge in [-0.2, -0.15) is 0 Å². The van der Waals surface area contributed by atoms with Gasteiger partial charge in [-0.05, 0) is 61.3 Å². The van der Waals surface area contributed by atoms with E-state index in [2.05, 4.69) is 27.7 Å². The second kappa shape index (κ2) is 12.1. The number of carbonyl (C=O) groups is 1. The molecule has 0 radical (unpaired) electrons. The Balaban J connectivity index is 1.65. The average Bonchev–Trinajstić information content (AvgIpc) is 3.21. The predicted octanol–water partition coefficient (Wildman–Crippen LogP) is 3.99. The molecule has 0 fully saturated rings. The van der Waals surface area contributed by atoms with Gasteiger partial charge in [-0.15, -0.1) is 4.68 Å². The molecule has 0 saturated heterocycles. The van der Waals surface area contributed by atoms with Crippen molar-refractivity contribution >= 4 is 17.4 Å². The number of ketones is 1. The van der Waals surface area contributed by atoms with Crippen LogP contribution in [0.25, 0.3) is 5.65 Å². The van der Waals surface area contributed by atoms with Crippen LogP contribution < -0.4 is 19.9 Å². The Labute approximate surface area is 224 Å². The number of carbonyl (C=O) groups excluding carboxylic acids is 1. The third kappa shape index (κ3) is 6.26. The minimum Gasteiger partial charge on any atom is -0.493 e. The predicted molar refractivity (Wildman–Crippen MR) is 146 cm³/mol. The molecule has 3 N–H and O–H groups in total. The molecule has 0 atom stereocenters. The molecular formula is C29H42N5O4+. The third-order valence-electron chi connectivity index (χ3n) is 7.03. The van der Waals surface area contributed by atoms with Crippen molar-refractivity contribution in [3.63, 3.8) is 0 Å². The van der Waals surface area contributed by atoms with Gasteiger partial charge in [0.1, 0.15) is 5.75 Å². The van der Waals surface area contributed by atoms with E-state index in [1.165, 1.54) is 4.68 Å². The van der Waals surface area contributed by atoms with E-state index >= 15 is 0 Å². The smallest absolute Gasteiger partial charge is 0.401 e. The van der Waals surface area contributed by atoms with Crippen molar-refractivity contribution in [2.24, 2.45) is 0 Å². The second-order valence-corrected chi connectivity index (χ2v) is 11.1. The van der Waals surface area contributed by atoms with Gasteiger partial charge in [-0.3, -0.25) is 10.5 Å². The fourth-order valence-electron chi connectivity index (χ4n) is 4.76. The van der Waals surface area contributed by atoms with Crippen LogP contribution in [0.2, 0.25) is 0 Å². The highest BCUT2D eigenvalue weighted by Gasteiger charge is 2.29. The summed E-state index contributed by atoms with van der Waals surface area (Å²) in [7, 11) is 0. The summed E-state index contributed by atoms with van der Waals surface area (Å²) in [5.41, 5.74) is 10.8. The summed E-state index contributed by atoms with van der Waals surface area (Å²) in [4.78, 5) is 13.5. The largest absolute Gasteiger partial charge is 0.493 e. The Morgan fingerprint density at radius 3 is 2.53 bits per heavy atom. The number of aryl methyl sites for hydroxylation is 1. The quantitative estimate of drug-likeness (QED) is 0.209. The first-order valence-corrected chi connectivity index (χ1v) is 13.9. The Morgan fingerprint density at radius 1 is 1.08 bits per heavy atom. The molecule has 0 spiro atoms. The molecule has 2 aromatic heterocycles. The van der Waals surface area contributed by atoms with E-state index < -0.39 is 0 Å². The summed E-state index contributed by atoms with van der Waals surface area (Å²) in [6.45, 7) is 9.50. The number of hydrogen-bond acceptors (Lipinski definition) is 7. The molecule has 0 saturated carbocycles. The summed E-state index contributed by atoms with van der Waals surface area (Å²) in [6, 6.07) is 5.62. The molecule has 0 amide bonds.